The van der Waals surface area contributed by atoms with E-state index in [9.17, 15) is 0 Å². The largest absolute Gasteiger partial charge is 0.370 e. The average Bonchev–Trinajstić information content (AvgIpc) is 3.46. The molecule has 2 aliphatic rings. The van der Waals surface area contributed by atoms with Crippen LogP contribution in [0.15, 0.2) is 36.7 Å². The van der Waals surface area contributed by atoms with Crippen LogP contribution in [0.1, 0.15) is 24.5 Å². The second kappa shape index (κ2) is 5.91. The van der Waals surface area contributed by atoms with Crippen molar-refractivity contribution in [1.29, 1.82) is 0 Å². The summed E-state index contributed by atoms with van der Waals surface area (Å²) in [6.07, 6.45) is 5.87. The lowest BCUT2D eigenvalue weighted by Crippen LogP contribution is -2.50. The van der Waals surface area contributed by atoms with Crippen LogP contribution in [-0.2, 0) is 0 Å². The molecule has 5 rings (SSSR count). The van der Waals surface area contributed by atoms with E-state index in [1.165, 1.54) is 12.8 Å². The Bertz CT molecular complexity index is 885. The molecule has 0 aromatic carbocycles. The maximum absolute atomic E-state index is 4.49. The third kappa shape index (κ3) is 2.97. The number of hydrogen-bond donors (Lipinski definition) is 1. The minimum Gasteiger partial charge on any atom is -0.370 e. The third-order valence-corrected chi connectivity index (χ3v) is 4.85. The van der Waals surface area contributed by atoms with Crippen LogP contribution in [0, 0.1) is 5.92 Å². The highest BCUT2D eigenvalue weighted by Gasteiger charge is 2.29. The van der Waals surface area contributed by atoms with Crippen LogP contribution in [0.5, 0.6) is 0 Å². The van der Waals surface area contributed by atoms with Gasteiger partial charge in [-0.1, -0.05) is 0 Å². The van der Waals surface area contributed by atoms with Crippen LogP contribution >= 0.6 is 0 Å². The molecule has 1 saturated carbocycles. The molecule has 0 bridgehead atoms. The van der Waals surface area contributed by atoms with Gasteiger partial charge in [0.2, 0.25) is 0 Å². The van der Waals surface area contributed by atoms with Crippen molar-refractivity contribution in [2.45, 2.75) is 18.8 Å². The second-order valence-corrected chi connectivity index (χ2v) is 6.84. The number of hydrogen-bond acceptors (Lipinski definition) is 7. The zero-order chi connectivity index (χ0) is 16.6. The summed E-state index contributed by atoms with van der Waals surface area (Å²) in [6, 6.07) is 8.14. The van der Waals surface area contributed by atoms with Crippen LogP contribution < -0.4 is 10.2 Å². The van der Waals surface area contributed by atoms with E-state index in [1.54, 1.807) is 12.4 Å². The Morgan fingerprint density at radius 2 is 1.88 bits per heavy atom. The summed E-state index contributed by atoms with van der Waals surface area (Å²) in [5.41, 5.74) is 2.64. The van der Waals surface area contributed by atoms with Crippen molar-refractivity contribution < 1.29 is 0 Å². The van der Waals surface area contributed by atoms with Gasteiger partial charge in [-0.15, -0.1) is 5.10 Å². The molecule has 3 aromatic rings. The molecule has 0 radical (unpaired) electrons. The van der Waals surface area contributed by atoms with Gasteiger partial charge in [0.25, 0.3) is 0 Å². The molecule has 4 heterocycles. The molecule has 1 saturated heterocycles. The lowest BCUT2D eigenvalue weighted by Gasteiger charge is -2.40. The van der Waals surface area contributed by atoms with Crippen molar-refractivity contribution in [3.05, 3.63) is 42.4 Å². The van der Waals surface area contributed by atoms with Crippen molar-refractivity contribution in [3.63, 3.8) is 0 Å². The highest BCUT2D eigenvalue weighted by atomic mass is 15.3. The zero-order valence-electron chi connectivity index (χ0n) is 13.8. The molecule has 3 aromatic heterocycles. The molecule has 2 fully saturated rings. The Morgan fingerprint density at radius 3 is 2.68 bits per heavy atom. The van der Waals surface area contributed by atoms with Crippen LogP contribution in [0.4, 0.5) is 11.6 Å². The van der Waals surface area contributed by atoms with Gasteiger partial charge < -0.3 is 10.2 Å². The molecule has 1 aliphatic carbocycles. The van der Waals surface area contributed by atoms with E-state index in [1.807, 2.05) is 12.1 Å². The van der Waals surface area contributed by atoms with E-state index in [-0.39, 0.29) is 0 Å². The van der Waals surface area contributed by atoms with Crippen molar-refractivity contribution in [3.8, 4) is 0 Å². The van der Waals surface area contributed by atoms with Crippen LogP contribution in [0.25, 0.3) is 11.2 Å². The van der Waals surface area contributed by atoms with E-state index in [0.717, 1.165) is 42.5 Å². The fourth-order valence-electron chi connectivity index (χ4n) is 3.19. The third-order valence-electron chi connectivity index (χ3n) is 4.85. The lowest BCUT2D eigenvalue weighted by atomic mass is 10.0. The normalized spacial score (nSPS) is 17.5. The quantitative estimate of drug-likeness (QED) is 0.767. The molecule has 7 nitrogen and oxygen atoms in total. The van der Waals surface area contributed by atoms with E-state index in [2.05, 4.69) is 47.5 Å². The number of fused-ring (bicyclic) bond motifs is 1. The minimum absolute atomic E-state index is 0.587. The maximum atomic E-state index is 4.49. The number of pyridine rings is 1. The van der Waals surface area contributed by atoms with Crippen molar-refractivity contribution in [1.82, 2.24) is 25.1 Å². The standard InChI is InChI=1S/C18H19N7/c1-2-13(1)14-4-6-17(24-23-14)25-10-12(11-25)9-21-16-5-3-15-18(22-16)20-8-7-19-15/h3-8,12-13H,1-2,9-11H2,(H,20,21,22). The van der Waals surface area contributed by atoms with Gasteiger partial charge in [-0.05, 0) is 37.1 Å². The van der Waals surface area contributed by atoms with Gasteiger partial charge in [0.15, 0.2) is 11.5 Å². The fourth-order valence-corrected chi connectivity index (χ4v) is 3.19. The van der Waals surface area contributed by atoms with Crippen LogP contribution in [0.3, 0.4) is 0 Å². The summed E-state index contributed by atoms with van der Waals surface area (Å²) >= 11 is 0. The molecular weight excluding hydrogens is 314 g/mol. The maximum Gasteiger partial charge on any atom is 0.180 e. The number of nitrogens with zero attached hydrogens (tertiary/aromatic N) is 6. The summed E-state index contributed by atoms with van der Waals surface area (Å²) in [6.45, 7) is 2.89. The van der Waals surface area contributed by atoms with Gasteiger partial charge in [0.1, 0.15) is 11.3 Å². The van der Waals surface area contributed by atoms with Gasteiger partial charge >= 0.3 is 0 Å². The highest BCUT2D eigenvalue weighted by Crippen LogP contribution is 2.38. The highest BCUT2D eigenvalue weighted by molar-refractivity contribution is 5.71. The summed E-state index contributed by atoms with van der Waals surface area (Å²) < 4.78 is 0. The van der Waals surface area contributed by atoms with Crippen molar-refractivity contribution in [2.24, 2.45) is 5.92 Å². The lowest BCUT2D eigenvalue weighted by molar-refractivity contribution is 0.425. The number of nitrogens with one attached hydrogen (secondary N) is 1. The summed E-state index contributed by atoms with van der Waals surface area (Å²) in [7, 11) is 0. The topological polar surface area (TPSA) is 79.7 Å². The first kappa shape index (κ1) is 14.5. The Labute approximate surface area is 145 Å². The first-order chi connectivity index (χ1) is 12.3. The van der Waals surface area contributed by atoms with E-state index < -0.39 is 0 Å². The fraction of sp³-hybridized carbons (Fsp3) is 0.389. The van der Waals surface area contributed by atoms with E-state index >= 15 is 0 Å². The summed E-state index contributed by atoms with van der Waals surface area (Å²) in [5, 5.41) is 12.1. The van der Waals surface area contributed by atoms with Gasteiger partial charge in [0, 0.05) is 43.9 Å². The Hall–Kier alpha value is -2.83. The van der Waals surface area contributed by atoms with Gasteiger partial charge in [0.05, 0.1) is 5.69 Å². The van der Waals surface area contributed by atoms with Crippen LogP contribution in [-0.4, -0.2) is 44.8 Å². The molecule has 7 heteroatoms. The number of anilines is 2. The SMILES string of the molecule is c1cnc2nc(NCC3CN(c4ccc(C5CC5)nn4)C3)ccc2n1. The first-order valence-corrected chi connectivity index (χ1v) is 8.75. The Kier molecular flexibility index (Phi) is 3.43. The molecule has 1 aliphatic heterocycles. The minimum atomic E-state index is 0.587. The Morgan fingerprint density at radius 1 is 1.00 bits per heavy atom. The number of aromatic nitrogens is 5. The average molecular weight is 333 g/mol. The molecule has 0 amide bonds. The molecule has 126 valence electrons. The molecule has 1 N–H and O–H groups in total. The second-order valence-electron chi connectivity index (χ2n) is 6.84. The predicted molar refractivity (Wildman–Crippen MR) is 95.5 cm³/mol. The molecule has 0 spiro atoms. The first-order valence-electron chi connectivity index (χ1n) is 8.75. The van der Waals surface area contributed by atoms with Crippen molar-refractivity contribution in [2.75, 3.05) is 29.9 Å². The molecular formula is C18H19N7. The van der Waals surface area contributed by atoms with Gasteiger partial charge in [-0.25, -0.2) is 9.97 Å². The van der Waals surface area contributed by atoms with E-state index in [4.69, 9.17) is 0 Å². The predicted octanol–water partition coefficient (Wildman–Crippen LogP) is 2.24. The monoisotopic (exact) mass is 333 g/mol. The smallest absolute Gasteiger partial charge is 0.180 e. The Balaban J connectivity index is 1.15. The van der Waals surface area contributed by atoms with Crippen LogP contribution in [0.2, 0.25) is 0 Å². The number of rotatable bonds is 5. The summed E-state index contributed by atoms with van der Waals surface area (Å²) in [5.74, 6) is 3.08. The molecule has 25 heavy (non-hydrogen) atoms. The zero-order valence-corrected chi connectivity index (χ0v) is 13.8. The molecule has 0 unspecified atom stereocenters. The summed E-state index contributed by atoms with van der Waals surface area (Å²) in [4.78, 5) is 15.2. The molecule has 0 atom stereocenters. The van der Waals surface area contributed by atoms with Gasteiger partial charge in [-0.3, -0.25) is 4.98 Å². The van der Waals surface area contributed by atoms with Crippen molar-refractivity contribution >= 4 is 22.8 Å². The van der Waals surface area contributed by atoms with E-state index in [0.29, 0.717) is 17.5 Å². The van der Waals surface area contributed by atoms with Gasteiger partial charge in [-0.2, -0.15) is 5.10 Å².